The molecule has 1 unspecified atom stereocenters. The van der Waals surface area contributed by atoms with E-state index in [0.29, 0.717) is 0 Å². The van der Waals surface area contributed by atoms with E-state index in [-0.39, 0.29) is 6.04 Å². The lowest BCUT2D eigenvalue weighted by Crippen LogP contribution is -2.32. The maximum atomic E-state index is 10.6. The lowest BCUT2D eigenvalue weighted by atomic mass is 10.3. The second-order valence-corrected chi connectivity index (χ2v) is 3.87. The number of rotatable bonds is 2. The van der Waals surface area contributed by atoms with Crippen LogP contribution in [0.3, 0.4) is 0 Å². The monoisotopic (exact) mass is 210 g/mol. The van der Waals surface area contributed by atoms with Crippen LogP contribution in [-0.4, -0.2) is 53.7 Å². The van der Waals surface area contributed by atoms with E-state index in [0.717, 1.165) is 19.6 Å². The van der Waals surface area contributed by atoms with Crippen molar-refractivity contribution in [3.63, 3.8) is 0 Å². The number of hydrogen-bond acceptors (Lipinski definition) is 2. The highest BCUT2D eigenvalue weighted by Gasteiger charge is 2.12. The second kappa shape index (κ2) is 5.62. The maximum absolute atomic E-state index is 10.6. The Hall–Kier alpha value is -1.21. The minimum Gasteiger partial charge on any atom is -0.465 e. The van der Waals surface area contributed by atoms with Gasteiger partial charge in [0.15, 0.2) is 0 Å². The van der Waals surface area contributed by atoms with Gasteiger partial charge in [0, 0.05) is 7.05 Å². The number of amides is 1. The van der Waals surface area contributed by atoms with Crippen molar-refractivity contribution in [3.05, 3.63) is 0 Å². The van der Waals surface area contributed by atoms with Gasteiger partial charge >= 0.3 is 6.09 Å². The van der Waals surface area contributed by atoms with Crippen LogP contribution in [0.5, 0.6) is 0 Å². The van der Waals surface area contributed by atoms with Crippen LogP contribution in [0.25, 0.3) is 0 Å². The quantitative estimate of drug-likeness (QED) is 0.694. The van der Waals surface area contributed by atoms with E-state index in [2.05, 4.69) is 16.7 Å². The zero-order valence-corrected chi connectivity index (χ0v) is 9.36. The molecule has 0 spiro atoms. The predicted octanol–water partition coefficient (Wildman–Crippen LogP) is 1.08. The Morgan fingerprint density at radius 3 is 2.67 bits per heavy atom. The first kappa shape index (κ1) is 11.9. The van der Waals surface area contributed by atoms with Crippen molar-refractivity contribution in [3.8, 4) is 11.8 Å². The number of likely N-dealkylation sites (tertiary alicyclic amines) is 1. The van der Waals surface area contributed by atoms with E-state index in [4.69, 9.17) is 5.11 Å². The molecule has 4 nitrogen and oxygen atoms in total. The van der Waals surface area contributed by atoms with Gasteiger partial charge < -0.3 is 5.11 Å². The zero-order valence-electron chi connectivity index (χ0n) is 9.36. The standard InChI is InChI=1S/C11H18N2O2/c1-10(12(2)11(14)15)6-5-9-13-7-3-4-8-13/h10H,3-4,7-9H2,1-2H3,(H,14,15). The van der Waals surface area contributed by atoms with Gasteiger partial charge in [-0.15, -0.1) is 0 Å². The molecule has 1 aliphatic heterocycles. The van der Waals surface area contributed by atoms with Gasteiger partial charge in [0.25, 0.3) is 0 Å². The van der Waals surface area contributed by atoms with Gasteiger partial charge in [-0.2, -0.15) is 0 Å². The summed E-state index contributed by atoms with van der Waals surface area (Å²) in [5.41, 5.74) is 0. The number of nitrogens with zero attached hydrogens (tertiary/aromatic N) is 2. The van der Waals surface area contributed by atoms with Crippen molar-refractivity contribution >= 4 is 6.09 Å². The molecular weight excluding hydrogens is 192 g/mol. The molecule has 0 bridgehead atoms. The molecule has 1 atom stereocenters. The van der Waals surface area contributed by atoms with Crippen LogP contribution in [0.2, 0.25) is 0 Å². The first-order chi connectivity index (χ1) is 7.11. The van der Waals surface area contributed by atoms with Gasteiger partial charge in [0.2, 0.25) is 0 Å². The summed E-state index contributed by atoms with van der Waals surface area (Å²) in [4.78, 5) is 14.1. The van der Waals surface area contributed by atoms with Crippen LogP contribution in [0, 0.1) is 11.8 Å². The highest BCUT2D eigenvalue weighted by Crippen LogP contribution is 2.05. The average Bonchev–Trinajstić information content (AvgIpc) is 2.69. The molecule has 1 N–H and O–H groups in total. The molecule has 1 saturated heterocycles. The van der Waals surface area contributed by atoms with Crippen molar-refractivity contribution in [1.29, 1.82) is 0 Å². The van der Waals surface area contributed by atoms with Gasteiger partial charge in [0.05, 0.1) is 12.6 Å². The van der Waals surface area contributed by atoms with E-state index in [1.54, 1.807) is 6.92 Å². The lowest BCUT2D eigenvalue weighted by Gasteiger charge is -2.16. The van der Waals surface area contributed by atoms with Crippen molar-refractivity contribution in [2.45, 2.75) is 25.8 Å². The van der Waals surface area contributed by atoms with Crippen LogP contribution in [0.15, 0.2) is 0 Å². The molecule has 4 heteroatoms. The van der Waals surface area contributed by atoms with Crippen LogP contribution in [-0.2, 0) is 0 Å². The fraction of sp³-hybridized carbons (Fsp3) is 0.727. The average molecular weight is 210 g/mol. The van der Waals surface area contributed by atoms with E-state index in [1.807, 2.05) is 0 Å². The maximum Gasteiger partial charge on any atom is 0.408 e. The van der Waals surface area contributed by atoms with E-state index in [1.165, 1.54) is 24.8 Å². The molecule has 0 aromatic rings. The number of hydrogen-bond donors (Lipinski definition) is 1. The van der Waals surface area contributed by atoms with Crippen molar-refractivity contribution in [1.82, 2.24) is 9.80 Å². The third-order valence-electron chi connectivity index (χ3n) is 2.69. The Morgan fingerprint density at radius 1 is 1.53 bits per heavy atom. The summed E-state index contributed by atoms with van der Waals surface area (Å²) < 4.78 is 0. The molecule has 1 amide bonds. The molecule has 84 valence electrons. The van der Waals surface area contributed by atoms with E-state index < -0.39 is 6.09 Å². The first-order valence-electron chi connectivity index (χ1n) is 5.28. The molecule has 0 aliphatic carbocycles. The topological polar surface area (TPSA) is 43.8 Å². The Balaban J connectivity index is 2.32. The Kier molecular flexibility index (Phi) is 4.44. The van der Waals surface area contributed by atoms with Crippen LogP contribution >= 0.6 is 0 Å². The van der Waals surface area contributed by atoms with Crippen molar-refractivity contribution in [2.24, 2.45) is 0 Å². The smallest absolute Gasteiger partial charge is 0.408 e. The summed E-state index contributed by atoms with van der Waals surface area (Å²) in [5, 5.41) is 8.71. The van der Waals surface area contributed by atoms with Gasteiger partial charge in [-0.1, -0.05) is 11.8 Å². The molecule has 0 aromatic carbocycles. The van der Waals surface area contributed by atoms with E-state index >= 15 is 0 Å². The van der Waals surface area contributed by atoms with Crippen molar-refractivity contribution < 1.29 is 9.90 Å². The minimum atomic E-state index is -0.932. The summed E-state index contributed by atoms with van der Waals surface area (Å²) >= 11 is 0. The molecular formula is C11H18N2O2. The third-order valence-corrected chi connectivity index (χ3v) is 2.69. The first-order valence-corrected chi connectivity index (χ1v) is 5.28. The Morgan fingerprint density at radius 2 is 2.13 bits per heavy atom. The summed E-state index contributed by atoms with van der Waals surface area (Å²) in [6.07, 6.45) is 1.58. The van der Waals surface area contributed by atoms with Gasteiger partial charge in [-0.25, -0.2) is 4.79 Å². The Labute approximate surface area is 90.9 Å². The second-order valence-electron chi connectivity index (χ2n) is 3.87. The molecule has 1 heterocycles. The van der Waals surface area contributed by atoms with Gasteiger partial charge in [0.1, 0.15) is 0 Å². The number of carbonyl (C=O) groups is 1. The normalized spacial score (nSPS) is 18.0. The largest absolute Gasteiger partial charge is 0.465 e. The Bertz CT molecular complexity index is 274. The fourth-order valence-electron chi connectivity index (χ4n) is 1.51. The predicted molar refractivity (Wildman–Crippen MR) is 58.7 cm³/mol. The molecule has 1 aliphatic rings. The summed E-state index contributed by atoms with van der Waals surface area (Å²) in [6.45, 7) is 4.80. The summed E-state index contributed by atoms with van der Waals surface area (Å²) in [6, 6.07) is -0.231. The third kappa shape index (κ3) is 3.80. The zero-order chi connectivity index (χ0) is 11.3. The molecule has 1 rings (SSSR count). The SMILES string of the molecule is CC(C#CCN1CCCC1)N(C)C(=O)O. The summed E-state index contributed by atoms with van der Waals surface area (Å²) in [5.74, 6) is 5.98. The van der Waals surface area contributed by atoms with Crippen LogP contribution in [0.1, 0.15) is 19.8 Å². The molecule has 0 saturated carbocycles. The molecule has 0 radical (unpaired) electrons. The van der Waals surface area contributed by atoms with Crippen LogP contribution < -0.4 is 0 Å². The van der Waals surface area contributed by atoms with Gasteiger partial charge in [-0.05, 0) is 32.9 Å². The van der Waals surface area contributed by atoms with Crippen molar-refractivity contribution in [2.75, 3.05) is 26.7 Å². The van der Waals surface area contributed by atoms with Crippen LogP contribution in [0.4, 0.5) is 4.79 Å². The molecule has 0 aromatic heterocycles. The highest BCUT2D eigenvalue weighted by molar-refractivity contribution is 5.65. The highest BCUT2D eigenvalue weighted by atomic mass is 16.4. The molecule has 1 fully saturated rings. The number of carboxylic acid groups (broad SMARTS) is 1. The van der Waals surface area contributed by atoms with Gasteiger partial charge in [-0.3, -0.25) is 9.80 Å². The summed E-state index contributed by atoms with van der Waals surface area (Å²) in [7, 11) is 1.54. The lowest BCUT2D eigenvalue weighted by molar-refractivity contribution is 0.150. The van der Waals surface area contributed by atoms with E-state index in [9.17, 15) is 4.79 Å². The minimum absolute atomic E-state index is 0.231. The molecule has 15 heavy (non-hydrogen) atoms. The fourth-order valence-corrected chi connectivity index (χ4v) is 1.51.